The topological polar surface area (TPSA) is 21.3 Å². The summed E-state index contributed by atoms with van der Waals surface area (Å²) in [6.07, 6.45) is 0.748. The Hall–Kier alpha value is -2.52. The molecular weight excluding hydrogens is 410 g/mol. The van der Waals surface area contributed by atoms with E-state index in [9.17, 15) is 0 Å². The number of fused-ring (bicyclic) bond motifs is 5. The third-order valence-corrected chi connectivity index (χ3v) is 6.11. The number of ether oxygens (including phenoxy) is 1. The van der Waals surface area contributed by atoms with Gasteiger partial charge in [-0.3, -0.25) is 0 Å². The van der Waals surface area contributed by atoms with Crippen molar-refractivity contribution < 1.29 is 4.74 Å². The van der Waals surface area contributed by atoms with Crippen molar-refractivity contribution >= 4 is 27.2 Å². The molecule has 0 radical (unpaired) electrons. The number of para-hydroxylation sites is 1. The number of nitrogens with one attached hydrogen (secondary N) is 1. The Labute approximate surface area is 174 Å². The molecule has 3 heteroatoms. The van der Waals surface area contributed by atoms with Crippen molar-refractivity contribution in [3.05, 3.63) is 88.4 Å². The second-order valence-electron chi connectivity index (χ2n) is 8.28. The van der Waals surface area contributed by atoms with Gasteiger partial charge >= 0.3 is 0 Å². The van der Waals surface area contributed by atoms with Gasteiger partial charge in [0.25, 0.3) is 0 Å². The van der Waals surface area contributed by atoms with Crippen LogP contribution in [0.1, 0.15) is 43.1 Å². The number of rotatable bonds is 1. The minimum absolute atomic E-state index is 0.00113. The summed E-state index contributed by atoms with van der Waals surface area (Å²) in [5.74, 6) is 0.928. The highest BCUT2D eigenvalue weighted by molar-refractivity contribution is 9.10. The van der Waals surface area contributed by atoms with Crippen molar-refractivity contribution in [3.63, 3.8) is 0 Å². The van der Waals surface area contributed by atoms with Crippen LogP contribution in [0.3, 0.4) is 0 Å². The zero-order valence-corrected chi connectivity index (χ0v) is 17.6. The standard InChI is InChI=1S/C25H22BrNO/c1-15-14-25(2,3)27-20-13-12-19-18-6-4-5-7-21(18)28-24(23(19)22(15)20)16-8-10-17(26)11-9-16/h4-13,24,27H,1,14H2,2-3H3. The van der Waals surface area contributed by atoms with Crippen LogP contribution in [0.25, 0.3) is 16.7 Å². The zero-order chi connectivity index (χ0) is 19.5. The van der Waals surface area contributed by atoms with Crippen LogP contribution in [0, 0.1) is 0 Å². The number of hydrogen-bond acceptors (Lipinski definition) is 2. The molecule has 0 spiro atoms. The molecular formula is C25H22BrNO. The van der Waals surface area contributed by atoms with Gasteiger partial charge in [0.2, 0.25) is 0 Å². The molecule has 0 fully saturated rings. The van der Waals surface area contributed by atoms with Crippen molar-refractivity contribution in [1.29, 1.82) is 0 Å². The Bertz CT molecular complexity index is 1100. The molecule has 0 saturated carbocycles. The molecule has 1 unspecified atom stereocenters. The number of halogens is 1. The summed E-state index contributed by atoms with van der Waals surface area (Å²) in [4.78, 5) is 0. The first-order valence-corrected chi connectivity index (χ1v) is 10.4. The Balaban J connectivity index is 1.78. The van der Waals surface area contributed by atoms with E-state index in [0.29, 0.717) is 0 Å². The first-order valence-electron chi connectivity index (χ1n) is 9.58. The molecule has 5 rings (SSSR count). The summed E-state index contributed by atoms with van der Waals surface area (Å²) < 4.78 is 7.63. The van der Waals surface area contributed by atoms with Crippen LogP contribution < -0.4 is 10.1 Å². The molecule has 2 aliphatic rings. The number of hydrogen-bond donors (Lipinski definition) is 1. The second kappa shape index (κ2) is 6.25. The van der Waals surface area contributed by atoms with Crippen molar-refractivity contribution in [2.24, 2.45) is 0 Å². The fourth-order valence-electron chi connectivity index (χ4n) is 4.49. The van der Waals surface area contributed by atoms with E-state index in [0.717, 1.165) is 33.5 Å². The number of anilines is 1. The van der Waals surface area contributed by atoms with Crippen molar-refractivity contribution in [1.82, 2.24) is 0 Å². The quantitative estimate of drug-likeness (QED) is 0.439. The monoisotopic (exact) mass is 431 g/mol. The van der Waals surface area contributed by atoms with Gasteiger partial charge in [-0.25, -0.2) is 0 Å². The van der Waals surface area contributed by atoms with Gasteiger partial charge in [-0.1, -0.05) is 58.9 Å². The van der Waals surface area contributed by atoms with E-state index in [-0.39, 0.29) is 11.6 Å². The van der Waals surface area contributed by atoms with Gasteiger partial charge in [0.05, 0.1) is 0 Å². The first-order chi connectivity index (χ1) is 13.4. The number of benzene rings is 3. The van der Waals surface area contributed by atoms with Gasteiger partial charge in [-0.2, -0.15) is 0 Å². The molecule has 2 heterocycles. The van der Waals surface area contributed by atoms with Crippen molar-refractivity contribution in [2.75, 3.05) is 5.32 Å². The Kier molecular flexibility index (Phi) is 3.92. The summed E-state index contributed by atoms with van der Waals surface area (Å²) in [6.45, 7) is 8.90. The summed E-state index contributed by atoms with van der Waals surface area (Å²) in [5, 5.41) is 3.70. The molecule has 0 saturated heterocycles. The average Bonchev–Trinajstić information content (AvgIpc) is 2.66. The highest BCUT2D eigenvalue weighted by Gasteiger charge is 2.35. The van der Waals surface area contributed by atoms with Crippen LogP contribution in [-0.2, 0) is 0 Å². The van der Waals surface area contributed by atoms with E-state index in [1.54, 1.807) is 0 Å². The van der Waals surface area contributed by atoms with E-state index >= 15 is 0 Å². The lowest BCUT2D eigenvalue weighted by molar-refractivity contribution is 0.243. The maximum absolute atomic E-state index is 6.57. The van der Waals surface area contributed by atoms with Crippen LogP contribution in [0.2, 0.25) is 0 Å². The van der Waals surface area contributed by atoms with Crippen LogP contribution in [0.4, 0.5) is 5.69 Å². The molecule has 3 aromatic carbocycles. The second-order valence-corrected chi connectivity index (χ2v) is 9.20. The van der Waals surface area contributed by atoms with Gasteiger partial charge in [0.15, 0.2) is 6.10 Å². The van der Waals surface area contributed by atoms with E-state index < -0.39 is 0 Å². The fraction of sp³-hybridized carbons (Fsp3) is 0.200. The van der Waals surface area contributed by atoms with Crippen LogP contribution in [0.5, 0.6) is 5.75 Å². The van der Waals surface area contributed by atoms with E-state index in [4.69, 9.17) is 4.74 Å². The fourth-order valence-corrected chi connectivity index (χ4v) is 4.76. The Morgan fingerprint density at radius 1 is 1.00 bits per heavy atom. The SMILES string of the molecule is C=C1CC(C)(C)Nc2ccc3c(c21)C(c1ccc(Br)cc1)Oc1ccccc1-3. The van der Waals surface area contributed by atoms with Gasteiger partial charge in [-0.15, -0.1) is 0 Å². The third-order valence-electron chi connectivity index (χ3n) is 5.58. The molecule has 0 aromatic heterocycles. The lowest BCUT2D eigenvalue weighted by atomic mass is 9.78. The van der Waals surface area contributed by atoms with Gasteiger partial charge in [-0.05, 0) is 61.2 Å². The van der Waals surface area contributed by atoms with Crippen LogP contribution in [-0.4, -0.2) is 5.54 Å². The molecule has 0 bridgehead atoms. The minimum atomic E-state index is -0.160. The summed E-state index contributed by atoms with van der Waals surface area (Å²) in [7, 11) is 0. The molecule has 1 N–H and O–H groups in total. The zero-order valence-electron chi connectivity index (χ0n) is 16.1. The van der Waals surface area contributed by atoms with Gasteiger partial charge in [0.1, 0.15) is 5.75 Å². The normalized spacial score (nSPS) is 19.0. The molecule has 0 aliphatic carbocycles. The van der Waals surface area contributed by atoms with Crippen LogP contribution in [0.15, 0.2) is 71.7 Å². The summed E-state index contributed by atoms with van der Waals surface area (Å²) in [6, 6.07) is 21.1. The Morgan fingerprint density at radius 3 is 2.54 bits per heavy atom. The van der Waals surface area contributed by atoms with Gasteiger partial charge < -0.3 is 10.1 Å². The highest BCUT2D eigenvalue weighted by Crippen LogP contribution is 2.51. The lowest BCUT2D eigenvalue weighted by Gasteiger charge is -2.39. The van der Waals surface area contributed by atoms with Gasteiger partial charge in [0, 0.05) is 32.4 Å². The molecule has 0 amide bonds. The summed E-state index contributed by atoms with van der Waals surface area (Å²) in [5.41, 5.74) is 8.25. The molecule has 28 heavy (non-hydrogen) atoms. The highest BCUT2D eigenvalue weighted by atomic mass is 79.9. The predicted molar refractivity (Wildman–Crippen MR) is 120 cm³/mol. The maximum atomic E-state index is 6.57. The average molecular weight is 432 g/mol. The van der Waals surface area contributed by atoms with Crippen molar-refractivity contribution in [3.8, 4) is 16.9 Å². The Morgan fingerprint density at radius 2 is 1.75 bits per heavy atom. The molecule has 1 atom stereocenters. The van der Waals surface area contributed by atoms with Crippen molar-refractivity contribution in [2.45, 2.75) is 31.9 Å². The van der Waals surface area contributed by atoms with E-state index in [1.807, 2.05) is 6.07 Å². The molecule has 2 aliphatic heterocycles. The lowest BCUT2D eigenvalue weighted by Crippen LogP contribution is -2.35. The molecule has 2 nitrogen and oxygen atoms in total. The van der Waals surface area contributed by atoms with E-state index in [2.05, 4.69) is 96.3 Å². The maximum Gasteiger partial charge on any atom is 0.150 e. The predicted octanol–water partition coefficient (Wildman–Crippen LogP) is 7.21. The first kappa shape index (κ1) is 17.6. The molecule has 140 valence electrons. The molecule has 3 aromatic rings. The minimum Gasteiger partial charge on any atom is -0.480 e. The largest absolute Gasteiger partial charge is 0.480 e. The van der Waals surface area contributed by atoms with E-state index in [1.165, 1.54) is 22.3 Å². The third kappa shape index (κ3) is 2.77. The summed E-state index contributed by atoms with van der Waals surface area (Å²) >= 11 is 3.54. The smallest absolute Gasteiger partial charge is 0.150 e. The van der Waals surface area contributed by atoms with Crippen LogP contribution >= 0.6 is 15.9 Å².